The zero-order chi connectivity index (χ0) is 17.7. The Labute approximate surface area is 148 Å². The van der Waals surface area contributed by atoms with E-state index in [4.69, 9.17) is 9.84 Å². The number of hydrogen-bond acceptors (Lipinski definition) is 4. The molecule has 0 saturated carbocycles. The van der Waals surface area contributed by atoms with Gasteiger partial charge in [0.15, 0.2) is 0 Å². The lowest BCUT2D eigenvalue weighted by Crippen LogP contribution is -2.33. The summed E-state index contributed by atoms with van der Waals surface area (Å²) in [5.74, 6) is 0. The number of hydrogen-bond donors (Lipinski definition) is 1. The average Bonchev–Trinajstić information content (AvgIpc) is 2.86. The molecule has 0 aliphatic heterocycles. The first-order chi connectivity index (χ1) is 11.3. The Kier molecular flexibility index (Phi) is 6.15. The smallest absolute Gasteiger partial charge is 0.407 e. The van der Waals surface area contributed by atoms with Gasteiger partial charge in [0, 0.05) is 29.1 Å². The SMILES string of the molecule is CCc1c2ccc(SC)cc2nn1CCCNC(=O)OC(C)(C)C. The Morgan fingerprint density at radius 3 is 2.75 bits per heavy atom. The summed E-state index contributed by atoms with van der Waals surface area (Å²) < 4.78 is 7.29. The highest BCUT2D eigenvalue weighted by Gasteiger charge is 2.15. The van der Waals surface area contributed by atoms with Crippen molar-refractivity contribution in [3.63, 3.8) is 0 Å². The fourth-order valence-electron chi connectivity index (χ4n) is 2.59. The van der Waals surface area contributed by atoms with Crippen LogP contribution in [0.2, 0.25) is 0 Å². The van der Waals surface area contributed by atoms with E-state index in [9.17, 15) is 4.79 Å². The second kappa shape index (κ2) is 7.92. The summed E-state index contributed by atoms with van der Waals surface area (Å²) in [5.41, 5.74) is 1.82. The molecule has 0 atom stereocenters. The van der Waals surface area contributed by atoms with E-state index >= 15 is 0 Å². The van der Waals surface area contributed by atoms with E-state index in [0.717, 1.165) is 24.9 Å². The van der Waals surface area contributed by atoms with Gasteiger partial charge in [-0.05, 0) is 58.1 Å². The fraction of sp³-hybridized carbons (Fsp3) is 0.556. The predicted molar refractivity (Wildman–Crippen MR) is 99.7 cm³/mol. The molecule has 24 heavy (non-hydrogen) atoms. The third kappa shape index (κ3) is 4.90. The van der Waals surface area contributed by atoms with Crippen LogP contribution in [-0.2, 0) is 17.7 Å². The number of carbonyl (C=O) groups is 1. The summed E-state index contributed by atoms with van der Waals surface area (Å²) in [5, 5.41) is 8.74. The maximum absolute atomic E-state index is 11.6. The normalized spacial score (nSPS) is 11.7. The Bertz CT molecular complexity index is 704. The summed E-state index contributed by atoms with van der Waals surface area (Å²) in [6.07, 6.45) is 3.46. The Balaban J connectivity index is 1.96. The predicted octanol–water partition coefficient (Wildman–Crippen LogP) is 4.24. The monoisotopic (exact) mass is 349 g/mol. The molecule has 132 valence electrons. The lowest BCUT2D eigenvalue weighted by atomic mass is 10.2. The number of aromatic nitrogens is 2. The number of rotatable bonds is 6. The lowest BCUT2D eigenvalue weighted by molar-refractivity contribution is 0.0526. The molecule has 1 amide bonds. The standard InChI is InChI=1S/C18H27N3O2S/c1-6-16-14-9-8-13(24-5)12-15(14)20-21(16)11-7-10-19-17(22)23-18(2,3)4/h8-9,12H,6-7,10-11H2,1-5H3,(H,19,22). The number of nitrogens with zero attached hydrogens (tertiary/aromatic N) is 2. The van der Waals surface area contributed by atoms with Crippen LogP contribution in [0.4, 0.5) is 4.79 Å². The summed E-state index contributed by atoms with van der Waals surface area (Å²) in [6, 6.07) is 6.43. The molecule has 0 spiro atoms. The van der Waals surface area contributed by atoms with Crippen molar-refractivity contribution in [2.24, 2.45) is 0 Å². The molecule has 0 aliphatic carbocycles. The van der Waals surface area contributed by atoms with Crippen molar-refractivity contribution in [3.8, 4) is 0 Å². The highest BCUT2D eigenvalue weighted by atomic mass is 32.2. The van der Waals surface area contributed by atoms with Gasteiger partial charge in [-0.3, -0.25) is 4.68 Å². The number of ether oxygens (including phenoxy) is 1. The molecule has 2 rings (SSSR count). The molecular formula is C18H27N3O2S. The molecule has 0 unspecified atom stereocenters. The molecule has 6 heteroatoms. The van der Waals surface area contributed by atoms with Crippen LogP contribution in [0.5, 0.6) is 0 Å². The van der Waals surface area contributed by atoms with Crippen LogP contribution in [0.1, 0.15) is 39.8 Å². The van der Waals surface area contributed by atoms with Crippen molar-refractivity contribution < 1.29 is 9.53 Å². The third-order valence-corrected chi connectivity index (χ3v) is 4.33. The van der Waals surface area contributed by atoms with Crippen molar-refractivity contribution in [1.29, 1.82) is 0 Å². The van der Waals surface area contributed by atoms with E-state index in [0.29, 0.717) is 6.54 Å². The van der Waals surface area contributed by atoms with E-state index in [1.54, 1.807) is 11.8 Å². The quantitative estimate of drug-likeness (QED) is 0.626. The minimum atomic E-state index is -0.464. The Morgan fingerprint density at radius 1 is 1.38 bits per heavy atom. The van der Waals surface area contributed by atoms with E-state index in [-0.39, 0.29) is 6.09 Å². The second-order valence-electron chi connectivity index (χ2n) is 6.69. The zero-order valence-corrected chi connectivity index (χ0v) is 16.0. The molecule has 0 saturated heterocycles. The van der Waals surface area contributed by atoms with Gasteiger partial charge in [0.25, 0.3) is 0 Å². The van der Waals surface area contributed by atoms with Gasteiger partial charge in [0.1, 0.15) is 5.60 Å². The minimum Gasteiger partial charge on any atom is -0.444 e. The molecule has 1 heterocycles. The molecule has 1 N–H and O–H groups in total. The van der Waals surface area contributed by atoms with Gasteiger partial charge in [-0.15, -0.1) is 11.8 Å². The maximum atomic E-state index is 11.6. The summed E-state index contributed by atoms with van der Waals surface area (Å²) in [4.78, 5) is 12.9. The van der Waals surface area contributed by atoms with E-state index in [1.807, 2.05) is 20.8 Å². The van der Waals surface area contributed by atoms with Gasteiger partial charge in [-0.2, -0.15) is 5.10 Å². The summed E-state index contributed by atoms with van der Waals surface area (Å²) in [6.45, 7) is 9.08. The van der Waals surface area contributed by atoms with Crippen LogP contribution >= 0.6 is 11.8 Å². The van der Waals surface area contributed by atoms with Crippen LogP contribution in [0, 0.1) is 0 Å². The number of benzene rings is 1. The number of amides is 1. The van der Waals surface area contributed by atoms with Crippen molar-refractivity contribution in [2.75, 3.05) is 12.8 Å². The lowest BCUT2D eigenvalue weighted by Gasteiger charge is -2.19. The van der Waals surface area contributed by atoms with Gasteiger partial charge < -0.3 is 10.1 Å². The first-order valence-electron chi connectivity index (χ1n) is 8.34. The second-order valence-corrected chi connectivity index (χ2v) is 7.57. The van der Waals surface area contributed by atoms with Crippen LogP contribution < -0.4 is 5.32 Å². The van der Waals surface area contributed by atoms with E-state index in [2.05, 4.69) is 41.4 Å². The van der Waals surface area contributed by atoms with E-state index < -0.39 is 5.60 Å². The van der Waals surface area contributed by atoms with Crippen molar-refractivity contribution in [3.05, 3.63) is 23.9 Å². The van der Waals surface area contributed by atoms with Crippen LogP contribution in [-0.4, -0.2) is 34.3 Å². The van der Waals surface area contributed by atoms with Crippen molar-refractivity contribution in [2.45, 2.75) is 57.6 Å². The van der Waals surface area contributed by atoms with Gasteiger partial charge in [-0.1, -0.05) is 6.92 Å². The molecule has 1 aromatic carbocycles. The molecule has 0 bridgehead atoms. The van der Waals surface area contributed by atoms with Crippen molar-refractivity contribution in [1.82, 2.24) is 15.1 Å². The molecular weight excluding hydrogens is 322 g/mol. The molecule has 1 aromatic heterocycles. The van der Waals surface area contributed by atoms with Gasteiger partial charge >= 0.3 is 6.09 Å². The first kappa shape index (κ1) is 18.6. The molecule has 0 aliphatic rings. The zero-order valence-electron chi connectivity index (χ0n) is 15.2. The van der Waals surface area contributed by atoms with Gasteiger partial charge in [0.05, 0.1) is 5.52 Å². The number of thioether (sulfide) groups is 1. The fourth-order valence-corrected chi connectivity index (χ4v) is 3.02. The molecule has 5 nitrogen and oxygen atoms in total. The van der Waals surface area contributed by atoms with Crippen LogP contribution in [0.15, 0.2) is 23.1 Å². The van der Waals surface area contributed by atoms with E-state index in [1.165, 1.54) is 16.0 Å². The van der Waals surface area contributed by atoms with Gasteiger partial charge in [0.2, 0.25) is 0 Å². The molecule has 2 aromatic rings. The maximum Gasteiger partial charge on any atom is 0.407 e. The highest BCUT2D eigenvalue weighted by molar-refractivity contribution is 7.98. The number of nitrogens with one attached hydrogen (secondary N) is 1. The average molecular weight is 350 g/mol. The largest absolute Gasteiger partial charge is 0.444 e. The Hall–Kier alpha value is -1.69. The minimum absolute atomic E-state index is 0.367. The third-order valence-electron chi connectivity index (χ3n) is 3.61. The van der Waals surface area contributed by atoms with Gasteiger partial charge in [-0.25, -0.2) is 4.79 Å². The number of fused-ring (bicyclic) bond motifs is 1. The first-order valence-corrected chi connectivity index (χ1v) is 9.57. The van der Waals surface area contributed by atoms with Crippen LogP contribution in [0.25, 0.3) is 10.9 Å². The molecule has 0 fully saturated rings. The summed E-state index contributed by atoms with van der Waals surface area (Å²) >= 11 is 1.72. The topological polar surface area (TPSA) is 56.2 Å². The molecule has 0 radical (unpaired) electrons. The number of carbonyl (C=O) groups excluding carboxylic acids is 1. The number of aryl methyl sites for hydroxylation is 2. The summed E-state index contributed by atoms with van der Waals surface area (Å²) in [7, 11) is 0. The van der Waals surface area contributed by atoms with Crippen molar-refractivity contribution >= 4 is 28.8 Å². The number of alkyl carbamates (subject to hydrolysis) is 1. The van der Waals surface area contributed by atoms with Crippen LogP contribution in [0.3, 0.4) is 0 Å². The Morgan fingerprint density at radius 2 is 2.12 bits per heavy atom. The highest BCUT2D eigenvalue weighted by Crippen LogP contribution is 2.24.